The van der Waals surface area contributed by atoms with Crippen LogP contribution in [0.15, 0.2) is 48.7 Å². The molecule has 1 heterocycles. The Kier molecular flexibility index (Phi) is 3.21. The van der Waals surface area contributed by atoms with Crippen LogP contribution in [0, 0.1) is 11.9 Å². The summed E-state index contributed by atoms with van der Waals surface area (Å²) in [5, 5.41) is 3.98. The van der Waals surface area contributed by atoms with E-state index < -0.39 is 0 Å². The van der Waals surface area contributed by atoms with Crippen LogP contribution in [-0.2, 0) is 0 Å². The van der Waals surface area contributed by atoms with Gasteiger partial charge in [-0.05, 0) is 36.4 Å². The first-order valence-corrected chi connectivity index (χ1v) is 6.13. The van der Waals surface area contributed by atoms with Crippen LogP contribution in [0.25, 0.3) is 10.9 Å². The van der Waals surface area contributed by atoms with E-state index in [4.69, 9.17) is 4.74 Å². The third kappa shape index (κ3) is 2.28. The molecule has 2 aromatic carbocycles. The second-order valence-electron chi connectivity index (χ2n) is 4.27. The summed E-state index contributed by atoms with van der Waals surface area (Å²) in [6, 6.07) is 14.7. The van der Waals surface area contributed by atoms with Gasteiger partial charge in [0, 0.05) is 23.3 Å². The number of anilines is 2. The number of benzene rings is 2. The fourth-order valence-corrected chi connectivity index (χ4v) is 2.02. The van der Waals surface area contributed by atoms with Crippen LogP contribution in [0.4, 0.5) is 15.8 Å². The molecule has 99 valence electrons. The summed E-state index contributed by atoms with van der Waals surface area (Å²) in [6.45, 7) is 0. The summed E-state index contributed by atoms with van der Waals surface area (Å²) >= 11 is 0. The number of nitrogens with one attached hydrogen (secondary N) is 1. The topological polar surface area (TPSA) is 34.1 Å². The molecule has 0 aliphatic carbocycles. The lowest BCUT2D eigenvalue weighted by Crippen LogP contribution is -1.95. The highest BCUT2D eigenvalue weighted by Gasteiger charge is 2.06. The van der Waals surface area contributed by atoms with Gasteiger partial charge in [-0.1, -0.05) is 6.07 Å². The van der Waals surface area contributed by atoms with E-state index in [9.17, 15) is 4.39 Å². The molecule has 1 radical (unpaired) electrons. The molecule has 0 atom stereocenters. The number of hydrogen-bond acceptors (Lipinski definition) is 3. The highest BCUT2D eigenvalue weighted by molar-refractivity contribution is 5.93. The van der Waals surface area contributed by atoms with Gasteiger partial charge in [-0.3, -0.25) is 4.98 Å². The van der Waals surface area contributed by atoms with Crippen LogP contribution in [0.5, 0.6) is 5.75 Å². The third-order valence-electron chi connectivity index (χ3n) is 3.03. The number of rotatable bonds is 3. The second-order valence-corrected chi connectivity index (χ2v) is 4.27. The van der Waals surface area contributed by atoms with Crippen LogP contribution >= 0.6 is 0 Å². The van der Waals surface area contributed by atoms with Crippen molar-refractivity contribution >= 4 is 22.3 Å². The minimum Gasteiger partial charge on any atom is -0.497 e. The molecule has 0 saturated heterocycles. The van der Waals surface area contributed by atoms with Crippen LogP contribution in [0.2, 0.25) is 0 Å². The fraction of sp³-hybridized carbons (Fsp3) is 0.0625. The van der Waals surface area contributed by atoms with Crippen molar-refractivity contribution < 1.29 is 9.13 Å². The maximum atomic E-state index is 13.7. The molecule has 1 N–H and O–H groups in total. The van der Waals surface area contributed by atoms with Gasteiger partial charge >= 0.3 is 0 Å². The van der Waals surface area contributed by atoms with E-state index in [0.717, 1.165) is 22.3 Å². The molecule has 0 fully saturated rings. The number of pyridine rings is 1. The Labute approximate surface area is 116 Å². The van der Waals surface area contributed by atoms with Gasteiger partial charge < -0.3 is 10.1 Å². The summed E-state index contributed by atoms with van der Waals surface area (Å²) in [5.74, 6) is 0.397. The molecule has 3 nitrogen and oxygen atoms in total. The third-order valence-corrected chi connectivity index (χ3v) is 3.03. The number of nitrogens with zero attached hydrogens (tertiary/aromatic N) is 1. The van der Waals surface area contributed by atoms with Gasteiger partial charge in [0.15, 0.2) is 0 Å². The molecule has 0 aliphatic rings. The normalized spacial score (nSPS) is 10.5. The van der Waals surface area contributed by atoms with E-state index in [1.807, 2.05) is 24.3 Å². The molecule has 3 aromatic rings. The van der Waals surface area contributed by atoms with E-state index in [1.54, 1.807) is 25.4 Å². The molecule has 0 spiro atoms. The average Bonchev–Trinajstić information content (AvgIpc) is 2.49. The molecule has 0 aliphatic heterocycles. The van der Waals surface area contributed by atoms with Crippen LogP contribution in [0.1, 0.15) is 0 Å². The van der Waals surface area contributed by atoms with Crippen molar-refractivity contribution in [3.8, 4) is 5.75 Å². The predicted octanol–water partition coefficient (Wildman–Crippen LogP) is 3.93. The minimum absolute atomic E-state index is 0.342. The molecule has 1 aromatic heterocycles. The predicted molar refractivity (Wildman–Crippen MR) is 76.8 cm³/mol. The molecular weight excluding hydrogens is 255 g/mol. The van der Waals surface area contributed by atoms with E-state index in [2.05, 4.69) is 16.4 Å². The van der Waals surface area contributed by atoms with Crippen LogP contribution in [0.3, 0.4) is 0 Å². The molecule has 0 unspecified atom stereocenters. The summed E-state index contributed by atoms with van der Waals surface area (Å²) < 4.78 is 18.8. The standard InChI is InChI=1S/C16H12FN2O/c1-20-11-6-7-12-14(8-9-18-16(12)10-11)19-15-5-3-2-4-13(15)17/h3-10H,1H3,(H,18,19). The van der Waals surface area contributed by atoms with Gasteiger partial charge in [-0.2, -0.15) is 0 Å². The highest BCUT2D eigenvalue weighted by Crippen LogP contribution is 2.28. The van der Waals surface area contributed by atoms with Gasteiger partial charge in [0.2, 0.25) is 0 Å². The lowest BCUT2D eigenvalue weighted by molar-refractivity contribution is 0.415. The molecule has 3 rings (SSSR count). The van der Waals surface area contributed by atoms with E-state index in [1.165, 1.54) is 6.07 Å². The van der Waals surface area contributed by atoms with Crippen molar-refractivity contribution in [2.75, 3.05) is 12.4 Å². The van der Waals surface area contributed by atoms with Crippen molar-refractivity contribution in [1.29, 1.82) is 0 Å². The van der Waals surface area contributed by atoms with E-state index >= 15 is 0 Å². The molecule has 4 heteroatoms. The Balaban J connectivity index is 2.06. The molecule has 0 amide bonds. The van der Waals surface area contributed by atoms with Crippen LogP contribution in [-0.4, -0.2) is 12.1 Å². The zero-order valence-corrected chi connectivity index (χ0v) is 10.9. The number of halogens is 1. The Hall–Kier alpha value is -2.62. The van der Waals surface area contributed by atoms with Crippen molar-refractivity contribution in [3.05, 3.63) is 60.5 Å². The number of fused-ring (bicyclic) bond motifs is 1. The number of ether oxygens (including phenoxy) is 1. The second kappa shape index (κ2) is 5.17. The Morgan fingerprint density at radius 3 is 2.90 bits per heavy atom. The maximum absolute atomic E-state index is 13.7. The van der Waals surface area contributed by atoms with Crippen molar-refractivity contribution in [2.45, 2.75) is 0 Å². The zero-order valence-electron chi connectivity index (χ0n) is 10.9. The SMILES string of the molecule is COc1ccc2c(Nc3cc[c]cc3F)ccnc2c1. The summed E-state index contributed by atoms with van der Waals surface area (Å²) in [6.07, 6.45) is 1.68. The first-order chi connectivity index (χ1) is 9.78. The highest BCUT2D eigenvalue weighted by atomic mass is 19.1. The smallest absolute Gasteiger partial charge is 0.147 e. The van der Waals surface area contributed by atoms with Gasteiger partial charge in [0.05, 0.1) is 18.3 Å². The zero-order chi connectivity index (χ0) is 13.9. The lowest BCUT2D eigenvalue weighted by atomic mass is 10.1. The summed E-state index contributed by atoms with van der Waals surface area (Å²) in [7, 11) is 1.61. The lowest BCUT2D eigenvalue weighted by Gasteiger charge is -2.10. The van der Waals surface area contributed by atoms with Crippen molar-refractivity contribution in [3.63, 3.8) is 0 Å². The monoisotopic (exact) mass is 267 g/mol. The van der Waals surface area contributed by atoms with E-state index in [-0.39, 0.29) is 5.82 Å². The van der Waals surface area contributed by atoms with Gasteiger partial charge in [0.25, 0.3) is 0 Å². The summed E-state index contributed by atoms with van der Waals surface area (Å²) in [5.41, 5.74) is 1.99. The molecule has 0 bridgehead atoms. The summed E-state index contributed by atoms with van der Waals surface area (Å²) in [4.78, 5) is 4.29. The fourth-order valence-electron chi connectivity index (χ4n) is 2.02. The Bertz CT molecular complexity index is 758. The largest absolute Gasteiger partial charge is 0.497 e. The van der Waals surface area contributed by atoms with Crippen LogP contribution < -0.4 is 10.1 Å². The van der Waals surface area contributed by atoms with Gasteiger partial charge in [0.1, 0.15) is 11.6 Å². The first kappa shape index (κ1) is 12.4. The number of methoxy groups -OCH3 is 1. The van der Waals surface area contributed by atoms with Gasteiger partial charge in [-0.25, -0.2) is 4.39 Å². The van der Waals surface area contributed by atoms with Crippen molar-refractivity contribution in [1.82, 2.24) is 4.98 Å². The number of hydrogen-bond donors (Lipinski definition) is 1. The first-order valence-electron chi connectivity index (χ1n) is 6.13. The molecule has 0 saturated carbocycles. The molecule has 20 heavy (non-hydrogen) atoms. The van der Waals surface area contributed by atoms with E-state index in [0.29, 0.717) is 5.69 Å². The average molecular weight is 267 g/mol. The number of aromatic nitrogens is 1. The molecular formula is C16H12FN2O. The Morgan fingerprint density at radius 1 is 1.20 bits per heavy atom. The minimum atomic E-state index is -0.342. The van der Waals surface area contributed by atoms with Gasteiger partial charge in [-0.15, -0.1) is 0 Å². The Morgan fingerprint density at radius 2 is 2.10 bits per heavy atom. The van der Waals surface area contributed by atoms with Crippen molar-refractivity contribution in [2.24, 2.45) is 0 Å². The quantitative estimate of drug-likeness (QED) is 0.780. The maximum Gasteiger partial charge on any atom is 0.147 e.